The largest absolute Gasteiger partial charge is 0.480 e. The van der Waals surface area contributed by atoms with Crippen molar-refractivity contribution in [1.29, 1.82) is 0 Å². The van der Waals surface area contributed by atoms with Gasteiger partial charge in [-0.3, -0.25) is 14.6 Å². The summed E-state index contributed by atoms with van der Waals surface area (Å²) < 4.78 is 0. The van der Waals surface area contributed by atoms with Gasteiger partial charge >= 0.3 is 5.97 Å². The Hall–Kier alpha value is -3.64. The molecule has 0 radical (unpaired) electrons. The summed E-state index contributed by atoms with van der Waals surface area (Å²) in [7, 11) is 0. The van der Waals surface area contributed by atoms with Crippen LogP contribution >= 0.6 is 0 Å². The van der Waals surface area contributed by atoms with E-state index < -0.39 is 35.9 Å². The van der Waals surface area contributed by atoms with Crippen LogP contribution in [0.4, 0.5) is 0 Å². The van der Waals surface area contributed by atoms with E-state index in [1.165, 1.54) is 0 Å². The van der Waals surface area contributed by atoms with Gasteiger partial charge in [0, 0.05) is 36.6 Å². The molecule has 0 aliphatic carbocycles. The van der Waals surface area contributed by atoms with Crippen LogP contribution in [0.1, 0.15) is 18.4 Å². The maximum Gasteiger partial charge on any atom is 0.327 e. The second-order valence-corrected chi connectivity index (χ2v) is 7.32. The van der Waals surface area contributed by atoms with Gasteiger partial charge in [0.2, 0.25) is 11.8 Å². The van der Waals surface area contributed by atoms with Gasteiger partial charge in [-0.25, -0.2) is 4.79 Å². The Morgan fingerprint density at radius 2 is 1.78 bits per heavy atom. The lowest BCUT2D eigenvalue weighted by Gasteiger charge is -2.22. The summed E-state index contributed by atoms with van der Waals surface area (Å²) in [5.74, 6) is -2.54. The molecule has 0 unspecified atom stereocenters. The number of carbonyl (C=O) groups is 3. The molecule has 3 atom stereocenters. The number of carboxylic acid groups (broad SMARTS) is 1. The molecule has 0 bridgehead atoms. The van der Waals surface area contributed by atoms with Crippen LogP contribution in [0.15, 0.2) is 35.5 Å². The molecule has 0 saturated heterocycles. The highest BCUT2D eigenvalue weighted by atomic mass is 16.4. The normalized spacial score (nSPS) is 13.7. The minimum absolute atomic E-state index is 0.0497. The van der Waals surface area contributed by atoms with Crippen molar-refractivity contribution in [2.75, 3.05) is 13.1 Å². The Bertz CT molecular complexity index is 969. The summed E-state index contributed by atoms with van der Waals surface area (Å²) in [6, 6.07) is 4.26. The van der Waals surface area contributed by atoms with Crippen molar-refractivity contribution in [3.05, 3.63) is 36.0 Å². The van der Waals surface area contributed by atoms with Crippen LogP contribution in [-0.4, -0.2) is 65.0 Å². The topological polar surface area (TPSA) is 228 Å². The quantitative estimate of drug-likeness (QED) is 0.104. The Balaban J connectivity index is 2.14. The summed E-state index contributed by atoms with van der Waals surface area (Å²) in [5, 5.41) is 15.1. The standard InChI is InChI=1S/C20H30N8O4/c21-9-16(19(31)32)28-18(30)15(8-11-10-26-14-6-2-1-4-12(11)14)27-17(29)13(22)5-3-7-25-20(23)24/h1-2,4,6,10,13,15-16,26H,3,5,7-9,21-22H2,(H,27,29)(H,28,30)(H,31,32)(H4,23,24,25)/t13-,15-,16-/m0/s1. The number of H-pyrrole nitrogens is 1. The number of hydrogen-bond acceptors (Lipinski definition) is 6. The molecule has 1 heterocycles. The van der Waals surface area contributed by atoms with Crippen LogP contribution in [0.5, 0.6) is 0 Å². The Kier molecular flexibility index (Phi) is 8.98. The lowest BCUT2D eigenvalue weighted by atomic mass is 10.0. The Morgan fingerprint density at radius 3 is 2.44 bits per heavy atom. The molecule has 0 aliphatic rings. The fourth-order valence-corrected chi connectivity index (χ4v) is 3.15. The number of rotatable bonds is 12. The average Bonchev–Trinajstić information content (AvgIpc) is 3.16. The van der Waals surface area contributed by atoms with Gasteiger partial charge in [0.05, 0.1) is 6.04 Å². The number of aromatic amines is 1. The molecule has 12 nitrogen and oxygen atoms in total. The maximum atomic E-state index is 12.8. The van der Waals surface area contributed by atoms with Gasteiger partial charge in [-0.2, -0.15) is 0 Å². The molecule has 0 fully saturated rings. The number of para-hydroxylation sites is 1. The molecule has 32 heavy (non-hydrogen) atoms. The highest BCUT2D eigenvalue weighted by Crippen LogP contribution is 2.19. The van der Waals surface area contributed by atoms with Gasteiger partial charge in [-0.15, -0.1) is 0 Å². The molecule has 174 valence electrons. The number of hydrogen-bond donors (Lipinski definition) is 8. The zero-order valence-electron chi connectivity index (χ0n) is 17.6. The molecule has 0 spiro atoms. The first-order chi connectivity index (χ1) is 15.2. The first kappa shape index (κ1) is 24.6. The van der Waals surface area contributed by atoms with Gasteiger partial charge in [-0.1, -0.05) is 18.2 Å². The molecule has 12 heteroatoms. The predicted molar refractivity (Wildman–Crippen MR) is 120 cm³/mol. The number of amides is 2. The third kappa shape index (κ3) is 6.96. The molecular weight excluding hydrogens is 416 g/mol. The third-order valence-corrected chi connectivity index (χ3v) is 4.89. The van der Waals surface area contributed by atoms with Crippen LogP contribution in [0.25, 0.3) is 10.9 Å². The monoisotopic (exact) mass is 446 g/mol. The number of carboxylic acids is 1. The number of nitrogens with two attached hydrogens (primary N) is 4. The zero-order valence-corrected chi connectivity index (χ0v) is 17.6. The second kappa shape index (κ2) is 11.7. The fourth-order valence-electron chi connectivity index (χ4n) is 3.15. The lowest BCUT2D eigenvalue weighted by molar-refractivity contribution is -0.142. The molecule has 1 aromatic carbocycles. The number of benzene rings is 1. The number of aliphatic imine (C=N–C) groups is 1. The van der Waals surface area contributed by atoms with E-state index in [1.807, 2.05) is 24.3 Å². The summed E-state index contributed by atoms with van der Waals surface area (Å²) in [6.45, 7) is 0.0263. The number of aromatic nitrogens is 1. The van der Waals surface area contributed by atoms with Crippen molar-refractivity contribution in [3.8, 4) is 0 Å². The smallest absolute Gasteiger partial charge is 0.327 e. The molecule has 2 aromatic rings. The summed E-state index contributed by atoms with van der Waals surface area (Å²) >= 11 is 0. The van der Waals surface area contributed by atoms with Crippen LogP contribution in [0, 0.1) is 0 Å². The predicted octanol–water partition coefficient (Wildman–Crippen LogP) is -1.90. The SMILES string of the molecule is NC[C@H](NC(=O)[C@H](Cc1c[nH]c2ccccc12)NC(=O)[C@@H](N)CCCN=C(N)N)C(=O)O. The minimum atomic E-state index is -1.28. The van der Waals surface area contributed by atoms with Gasteiger partial charge in [0.1, 0.15) is 12.1 Å². The molecular formula is C20H30N8O4. The van der Waals surface area contributed by atoms with Crippen molar-refractivity contribution in [1.82, 2.24) is 15.6 Å². The second-order valence-electron chi connectivity index (χ2n) is 7.32. The van der Waals surface area contributed by atoms with Crippen molar-refractivity contribution in [3.63, 3.8) is 0 Å². The number of nitrogens with one attached hydrogen (secondary N) is 3. The van der Waals surface area contributed by atoms with E-state index >= 15 is 0 Å². The van der Waals surface area contributed by atoms with E-state index in [0.29, 0.717) is 19.4 Å². The van der Waals surface area contributed by atoms with Gasteiger partial charge < -0.3 is 43.7 Å². The first-order valence-electron chi connectivity index (χ1n) is 10.1. The van der Waals surface area contributed by atoms with Gasteiger partial charge in [-0.05, 0) is 24.5 Å². The molecule has 12 N–H and O–H groups in total. The number of fused-ring (bicyclic) bond motifs is 1. The number of carbonyl (C=O) groups excluding carboxylic acids is 2. The van der Waals surface area contributed by atoms with E-state index in [0.717, 1.165) is 16.5 Å². The zero-order chi connectivity index (χ0) is 23.7. The van der Waals surface area contributed by atoms with Gasteiger partial charge in [0.15, 0.2) is 5.96 Å². The van der Waals surface area contributed by atoms with Gasteiger partial charge in [0.25, 0.3) is 0 Å². The molecule has 2 rings (SSSR count). The van der Waals surface area contributed by atoms with E-state index in [1.54, 1.807) is 6.20 Å². The van der Waals surface area contributed by atoms with Crippen molar-refractivity contribution in [2.45, 2.75) is 37.4 Å². The Morgan fingerprint density at radius 1 is 1.09 bits per heavy atom. The molecule has 1 aromatic heterocycles. The van der Waals surface area contributed by atoms with E-state index in [4.69, 9.17) is 22.9 Å². The van der Waals surface area contributed by atoms with E-state index in [9.17, 15) is 19.5 Å². The van der Waals surface area contributed by atoms with Crippen LogP contribution in [-0.2, 0) is 20.8 Å². The number of guanidine groups is 1. The van der Waals surface area contributed by atoms with Crippen molar-refractivity contribution in [2.24, 2.45) is 27.9 Å². The highest BCUT2D eigenvalue weighted by Gasteiger charge is 2.28. The lowest BCUT2D eigenvalue weighted by Crippen LogP contribution is -2.56. The average molecular weight is 447 g/mol. The molecule has 0 aliphatic heterocycles. The minimum Gasteiger partial charge on any atom is -0.480 e. The number of nitrogens with zero attached hydrogens (tertiary/aromatic N) is 1. The number of aliphatic carboxylic acids is 1. The van der Waals surface area contributed by atoms with Crippen LogP contribution in [0.3, 0.4) is 0 Å². The summed E-state index contributed by atoms with van der Waals surface area (Å²) in [5.41, 5.74) is 23.6. The van der Waals surface area contributed by atoms with E-state index in [-0.39, 0.29) is 18.9 Å². The van der Waals surface area contributed by atoms with Crippen molar-refractivity contribution < 1.29 is 19.5 Å². The highest BCUT2D eigenvalue weighted by molar-refractivity contribution is 5.93. The Labute approximate surface area is 184 Å². The maximum absolute atomic E-state index is 12.8. The summed E-state index contributed by atoms with van der Waals surface area (Å²) in [6.07, 6.45) is 2.63. The van der Waals surface area contributed by atoms with Crippen LogP contribution in [0.2, 0.25) is 0 Å². The van der Waals surface area contributed by atoms with Crippen LogP contribution < -0.4 is 33.6 Å². The fraction of sp³-hybridized carbons (Fsp3) is 0.400. The van der Waals surface area contributed by atoms with E-state index in [2.05, 4.69) is 20.6 Å². The molecule has 2 amide bonds. The third-order valence-electron chi connectivity index (χ3n) is 4.89. The first-order valence-corrected chi connectivity index (χ1v) is 10.1. The molecule has 0 saturated carbocycles. The van der Waals surface area contributed by atoms with Crippen molar-refractivity contribution >= 4 is 34.6 Å². The summed E-state index contributed by atoms with van der Waals surface area (Å²) in [4.78, 5) is 43.7.